The Labute approximate surface area is 225 Å². The number of aromatic nitrogens is 3. The Bertz CT molecular complexity index is 1220. The van der Waals surface area contributed by atoms with Gasteiger partial charge in [-0.2, -0.15) is 26.7 Å². The Kier molecular flexibility index (Phi) is 9.20. The molecule has 1 saturated heterocycles. The molecule has 1 fully saturated rings. The number of nitrogens with zero attached hydrogens (tertiary/aromatic N) is 5. The number of aliphatic carboxylic acids is 1. The predicted octanol–water partition coefficient (Wildman–Crippen LogP) is 2.33. The van der Waals surface area contributed by atoms with Gasteiger partial charge in [-0.25, -0.2) is 4.79 Å². The van der Waals surface area contributed by atoms with Gasteiger partial charge in [0.2, 0.25) is 11.9 Å². The third-order valence-corrected chi connectivity index (χ3v) is 6.83. The van der Waals surface area contributed by atoms with Crippen LogP contribution in [0.15, 0.2) is 54.6 Å². The Morgan fingerprint density at radius 2 is 1.68 bits per heavy atom. The van der Waals surface area contributed by atoms with Gasteiger partial charge in [-0.15, -0.1) is 0 Å². The number of hydrogen-bond acceptors (Lipinski definition) is 10. The number of anilines is 4. The fourth-order valence-corrected chi connectivity index (χ4v) is 4.58. The van der Waals surface area contributed by atoms with Gasteiger partial charge in [-0.1, -0.05) is 18.2 Å². The highest BCUT2D eigenvalue weighted by molar-refractivity contribution is 7.98. The van der Waals surface area contributed by atoms with Crippen molar-refractivity contribution in [2.75, 3.05) is 59.0 Å². The molecule has 1 aliphatic heterocycles. The largest absolute Gasteiger partial charge is 0.480 e. The fraction of sp³-hybridized carbons (Fsp3) is 0.346. The smallest absolute Gasteiger partial charge is 0.326 e. The molecule has 0 bridgehead atoms. The first kappa shape index (κ1) is 27.0. The maximum Gasteiger partial charge on any atom is 0.326 e. The number of carbonyl (C=O) groups excluding carboxylic acids is 1. The molecule has 0 radical (unpaired) electrons. The number of nitrogens with one attached hydrogen (secondary N) is 2. The summed E-state index contributed by atoms with van der Waals surface area (Å²) in [6.45, 7) is 3.58. The van der Waals surface area contributed by atoms with E-state index in [1.807, 2.05) is 24.5 Å². The second-order valence-corrected chi connectivity index (χ2v) is 9.78. The Hall–Kier alpha value is -4.06. The molecule has 12 heteroatoms. The van der Waals surface area contributed by atoms with Crippen molar-refractivity contribution in [2.45, 2.75) is 19.0 Å². The molecule has 38 heavy (non-hydrogen) atoms. The number of rotatable bonds is 11. The van der Waals surface area contributed by atoms with Crippen LogP contribution in [0.3, 0.4) is 0 Å². The summed E-state index contributed by atoms with van der Waals surface area (Å²) in [6.07, 6.45) is 2.26. The summed E-state index contributed by atoms with van der Waals surface area (Å²) in [6, 6.07) is 16.2. The number of para-hydroxylation sites is 1. The monoisotopic (exact) mass is 536 g/mol. The van der Waals surface area contributed by atoms with Crippen molar-refractivity contribution in [3.8, 4) is 0 Å². The predicted molar refractivity (Wildman–Crippen MR) is 151 cm³/mol. The van der Waals surface area contributed by atoms with E-state index in [9.17, 15) is 14.7 Å². The molecule has 3 aromatic rings. The summed E-state index contributed by atoms with van der Waals surface area (Å²) < 4.78 is 0. The molecule has 11 nitrogen and oxygen atoms in total. The fourth-order valence-electron chi connectivity index (χ4n) is 4.10. The molecule has 0 unspecified atom stereocenters. The van der Waals surface area contributed by atoms with Crippen molar-refractivity contribution in [1.82, 2.24) is 20.3 Å². The highest BCUT2D eigenvalue weighted by atomic mass is 32.2. The maximum absolute atomic E-state index is 12.5. The lowest BCUT2D eigenvalue weighted by molar-refractivity contribution is -0.139. The van der Waals surface area contributed by atoms with Crippen LogP contribution in [-0.4, -0.2) is 76.2 Å². The molecule has 2 aromatic carbocycles. The SMILES string of the molecule is CSCC[C@H](NC(=O)c1ccc(NCc2nc(N)nc(N3CCN(c4ccccc4)CC3)n2)cc1)C(=O)O. The van der Waals surface area contributed by atoms with Gasteiger partial charge < -0.3 is 31.3 Å². The van der Waals surface area contributed by atoms with Crippen LogP contribution in [-0.2, 0) is 11.3 Å². The van der Waals surface area contributed by atoms with E-state index in [1.54, 1.807) is 24.3 Å². The number of carbonyl (C=O) groups is 2. The number of benzene rings is 2. The molecule has 4 rings (SSSR count). The van der Waals surface area contributed by atoms with E-state index in [-0.39, 0.29) is 5.95 Å². The van der Waals surface area contributed by atoms with Crippen molar-refractivity contribution in [3.05, 3.63) is 66.0 Å². The van der Waals surface area contributed by atoms with Gasteiger partial charge in [0.1, 0.15) is 6.04 Å². The number of nitrogens with two attached hydrogens (primary N) is 1. The summed E-state index contributed by atoms with van der Waals surface area (Å²) >= 11 is 1.54. The zero-order chi connectivity index (χ0) is 26.9. The van der Waals surface area contributed by atoms with E-state index in [0.29, 0.717) is 36.1 Å². The van der Waals surface area contributed by atoms with Crippen molar-refractivity contribution in [1.29, 1.82) is 0 Å². The molecule has 5 N–H and O–H groups in total. The molecular formula is C26H32N8O3S. The van der Waals surface area contributed by atoms with Crippen molar-refractivity contribution >= 4 is 46.9 Å². The van der Waals surface area contributed by atoms with Crippen LogP contribution in [0.4, 0.5) is 23.3 Å². The van der Waals surface area contributed by atoms with E-state index in [1.165, 1.54) is 17.4 Å². The standard InChI is InChI=1S/C26H32N8O3S/c1-38-16-11-21(24(36)37)29-23(35)18-7-9-19(10-8-18)28-17-22-30-25(27)32-26(31-22)34-14-12-33(13-15-34)20-5-3-2-4-6-20/h2-10,21,28H,11-17H2,1H3,(H,29,35)(H,36,37)(H2,27,30,31,32)/t21-/m0/s1. The lowest BCUT2D eigenvalue weighted by Crippen LogP contribution is -2.47. The maximum atomic E-state index is 12.5. The second-order valence-electron chi connectivity index (χ2n) is 8.80. The van der Waals surface area contributed by atoms with Crippen LogP contribution >= 0.6 is 11.8 Å². The van der Waals surface area contributed by atoms with Gasteiger partial charge in [0.25, 0.3) is 5.91 Å². The van der Waals surface area contributed by atoms with Crippen LogP contribution in [0.5, 0.6) is 0 Å². The molecule has 0 aliphatic carbocycles. The van der Waals surface area contributed by atoms with E-state index in [2.05, 4.69) is 47.5 Å². The molecular weight excluding hydrogens is 504 g/mol. The first-order valence-electron chi connectivity index (χ1n) is 12.3. The lowest BCUT2D eigenvalue weighted by Gasteiger charge is -2.36. The highest BCUT2D eigenvalue weighted by Gasteiger charge is 2.21. The zero-order valence-corrected chi connectivity index (χ0v) is 22.0. The van der Waals surface area contributed by atoms with Crippen LogP contribution in [0.25, 0.3) is 0 Å². The molecule has 200 valence electrons. The van der Waals surface area contributed by atoms with Crippen LogP contribution < -0.4 is 26.2 Å². The van der Waals surface area contributed by atoms with Gasteiger partial charge in [-0.05, 0) is 54.8 Å². The molecule has 1 aromatic heterocycles. The van der Waals surface area contributed by atoms with Crippen LogP contribution in [0.2, 0.25) is 0 Å². The van der Waals surface area contributed by atoms with Gasteiger partial charge in [0.05, 0.1) is 6.54 Å². The number of carboxylic acid groups (broad SMARTS) is 1. The van der Waals surface area contributed by atoms with E-state index in [0.717, 1.165) is 31.9 Å². The van der Waals surface area contributed by atoms with Crippen LogP contribution in [0.1, 0.15) is 22.6 Å². The lowest BCUT2D eigenvalue weighted by atomic mass is 10.1. The number of piperazine rings is 1. The number of hydrogen-bond donors (Lipinski definition) is 4. The topological polar surface area (TPSA) is 150 Å². The van der Waals surface area contributed by atoms with Crippen molar-refractivity contribution in [2.24, 2.45) is 0 Å². The second kappa shape index (κ2) is 13.0. The zero-order valence-electron chi connectivity index (χ0n) is 21.2. The van der Waals surface area contributed by atoms with E-state index in [4.69, 9.17) is 5.73 Å². The Morgan fingerprint density at radius 3 is 2.34 bits per heavy atom. The summed E-state index contributed by atoms with van der Waals surface area (Å²) in [5.74, 6) is 0.417. The van der Waals surface area contributed by atoms with Crippen molar-refractivity contribution in [3.63, 3.8) is 0 Å². The molecule has 1 amide bonds. The average molecular weight is 537 g/mol. The number of carboxylic acids is 1. The molecule has 1 atom stereocenters. The summed E-state index contributed by atoms with van der Waals surface area (Å²) in [5, 5.41) is 15.2. The molecule has 1 aliphatic rings. The summed E-state index contributed by atoms with van der Waals surface area (Å²) in [4.78, 5) is 41.5. The van der Waals surface area contributed by atoms with Crippen molar-refractivity contribution < 1.29 is 14.7 Å². The molecule has 2 heterocycles. The minimum Gasteiger partial charge on any atom is -0.480 e. The Balaban J connectivity index is 1.32. The highest BCUT2D eigenvalue weighted by Crippen LogP contribution is 2.19. The quantitative estimate of drug-likeness (QED) is 0.286. The minimum atomic E-state index is -1.04. The van der Waals surface area contributed by atoms with Gasteiger partial charge in [0.15, 0.2) is 5.82 Å². The summed E-state index contributed by atoms with van der Waals surface area (Å²) in [7, 11) is 0. The summed E-state index contributed by atoms with van der Waals surface area (Å²) in [5.41, 5.74) is 8.33. The number of amides is 1. The van der Waals surface area contributed by atoms with Crippen LogP contribution in [0, 0.1) is 0 Å². The molecule has 0 saturated carbocycles. The Morgan fingerprint density at radius 1 is 1.00 bits per heavy atom. The third-order valence-electron chi connectivity index (χ3n) is 6.18. The first-order valence-corrected chi connectivity index (χ1v) is 13.7. The van der Waals surface area contributed by atoms with Gasteiger partial charge >= 0.3 is 5.97 Å². The normalized spacial score (nSPS) is 14.1. The first-order chi connectivity index (χ1) is 18.4. The average Bonchev–Trinajstić information content (AvgIpc) is 2.94. The minimum absolute atomic E-state index is 0.166. The van der Waals surface area contributed by atoms with E-state index >= 15 is 0 Å². The van der Waals surface area contributed by atoms with E-state index < -0.39 is 17.9 Å². The van der Waals surface area contributed by atoms with Gasteiger partial charge in [-0.3, -0.25) is 4.79 Å². The number of nitrogen functional groups attached to an aromatic ring is 1. The molecule has 0 spiro atoms. The third kappa shape index (κ3) is 7.25. The van der Waals surface area contributed by atoms with Gasteiger partial charge in [0, 0.05) is 43.1 Å². The number of thioether (sulfide) groups is 1.